The Morgan fingerprint density at radius 3 is 2.21 bits per heavy atom. The molecule has 1 aromatic rings. The Morgan fingerprint density at radius 1 is 0.857 bits per heavy atom. The molecule has 0 saturated heterocycles. The summed E-state index contributed by atoms with van der Waals surface area (Å²) in [6.07, 6.45) is 11.7. The fourth-order valence-electron chi connectivity index (χ4n) is 13.3. The van der Waals surface area contributed by atoms with Crippen molar-refractivity contribution in [3.8, 4) is 0 Å². The van der Waals surface area contributed by atoms with Gasteiger partial charge in [-0.05, 0) is 138 Å². The molecule has 0 aliphatic heterocycles. The van der Waals surface area contributed by atoms with E-state index in [0.29, 0.717) is 47.5 Å². The average molecular weight is 579 g/mol. The molecule has 234 valence electrons. The van der Waals surface area contributed by atoms with E-state index in [1.54, 1.807) is 7.11 Å². The van der Waals surface area contributed by atoms with Crippen LogP contribution in [0.1, 0.15) is 130 Å². The summed E-state index contributed by atoms with van der Waals surface area (Å²) in [6, 6.07) is 9.11. The molecule has 6 rings (SSSR count). The van der Waals surface area contributed by atoms with Crippen LogP contribution in [-0.4, -0.2) is 18.2 Å². The van der Waals surface area contributed by atoms with Crippen molar-refractivity contribution in [2.24, 2.45) is 62.6 Å². The van der Waals surface area contributed by atoms with Gasteiger partial charge in [0.1, 0.15) is 6.61 Å². The van der Waals surface area contributed by atoms with Crippen molar-refractivity contribution < 1.29 is 19.7 Å². The number of carboxylic acid groups (broad SMARTS) is 1. The first-order valence-electron chi connectivity index (χ1n) is 17.2. The Morgan fingerprint density at radius 2 is 1.57 bits per heavy atom. The van der Waals surface area contributed by atoms with Gasteiger partial charge in [-0.15, -0.1) is 0 Å². The minimum Gasteiger partial charge on any atom is -0.481 e. The average Bonchev–Trinajstić information content (AvgIpc) is 3.34. The lowest BCUT2D eigenvalue weighted by molar-refractivity contribution is -0.282. The number of aliphatic carboxylic acids is 1. The van der Waals surface area contributed by atoms with Gasteiger partial charge in [-0.3, -0.25) is 4.79 Å². The minimum atomic E-state index is -0.486. The zero-order valence-corrected chi connectivity index (χ0v) is 27.8. The van der Waals surface area contributed by atoms with Crippen LogP contribution in [0, 0.1) is 62.6 Å². The second kappa shape index (κ2) is 10.3. The van der Waals surface area contributed by atoms with E-state index in [1.807, 2.05) is 0 Å². The molecule has 0 amide bonds. The summed E-state index contributed by atoms with van der Waals surface area (Å²) in [6.45, 7) is 18.3. The SMILES string of the molecule is COOCc1ccc([C@H]2CC[C@@]3(C)C(CC[C@]4(C)C3CC[C@@H]3C5[C@H](C(C)C)CC[C@]5(C(=O)O)CC[C@]34C)C2(C)C)cc1. The molecule has 4 heteroatoms. The summed E-state index contributed by atoms with van der Waals surface area (Å²) in [5.74, 6) is 3.52. The molecular formula is C38H58O4. The smallest absolute Gasteiger partial charge is 0.309 e. The maximum atomic E-state index is 13.0. The molecule has 0 radical (unpaired) electrons. The van der Waals surface area contributed by atoms with Crippen LogP contribution in [0.2, 0.25) is 0 Å². The number of fused-ring (bicyclic) bond motifs is 7. The van der Waals surface area contributed by atoms with Gasteiger partial charge in [0.05, 0.1) is 12.5 Å². The van der Waals surface area contributed by atoms with Crippen LogP contribution in [0.3, 0.4) is 0 Å². The number of carboxylic acids is 1. The predicted octanol–water partition coefficient (Wildman–Crippen LogP) is 9.67. The summed E-state index contributed by atoms with van der Waals surface area (Å²) in [4.78, 5) is 23.0. The summed E-state index contributed by atoms with van der Waals surface area (Å²) in [7, 11) is 1.56. The highest BCUT2D eigenvalue weighted by Gasteiger charge is 2.72. The maximum absolute atomic E-state index is 13.0. The number of benzene rings is 1. The van der Waals surface area contributed by atoms with E-state index in [9.17, 15) is 9.90 Å². The predicted molar refractivity (Wildman–Crippen MR) is 168 cm³/mol. The highest BCUT2D eigenvalue weighted by molar-refractivity contribution is 5.76. The Hall–Kier alpha value is -1.39. The van der Waals surface area contributed by atoms with Crippen LogP contribution in [0.4, 0.5) is 0 Å². The van der Waals surface area contributed by atoms with Gasteiger partial charge in [0.15, 0.2) is 0 Å². The van der Waals surface area contributed by atoms with Crippen molar-refractivity contribution in [1.82, 2.24) is 0 Å². The number of rotatable bonds is 6. The molecular weight excluding hydrogens is 520 g/mol. The first-order valence-corrected chi connectivity index (χ1v) is 17.2. The molecule has 5 saturated carbocycles. The molecule has 1 aromatic carbocycles. The zero-order chi connectivity index (χ0) is 30.3. The maximum Gasteiger partial charge on any atom is 0.309 e. The lowest BCUT2D eigenvalue weighted by atomic mass is 9.31. The second-order valence-corrected chi connectivity index (χ2v) is 17.2. The molecule has 0 spiro atoms. The van der Waals surface area contributed by atoms with Crippen molar-refractivity contribution >= 4 is 5.97 Å². The van der Waals surface area contributed by atoms with Crippen molar-refractivity contribution in [2.45, 2.75) is 125 Å². The number of hydrogen-bond donors (Lipinski definition) is 1. The van der Waals surface area contributed by atoms with Gasteiger partial charge < -0.3 is 5.11 Å². The normalized spacial score (nSPS) is 45.9. The third kappa shape index (κ3) is 4.09. The Bertz CT molecular complexity index is 1170. The highest BCUT2D eigenvalue weighted by Crippen LogP contribution is 2.78. The van der Waals surface area contributed by atoms with Gasteiger partial charge in [-0.1, -0.05) is 72.7 Å². The molecule has 42 heavy (non-hydrogen) atoms. The Kier molecular flexibility index (Phi) is 7.53. The van der Waals surface area contributed by atoms with E-state index in [1.165, 1.54) is 44.1 Å². The van der Waals surface area contributed by atoms with E-state index in [0.717, 1.165) is 37.2 Å². The van der Waals surface area contributed by atoms with E-state index in [-0.39, 0.29) is 16.2 Å². The van der Waals surface area contributed by atoms with Gasteiger partial charge in [-0.25, -0.2) is 9.78 Å². The molecule has 0 heterocycles. The van der Waals surface area contributed by atoms with Gasteiger partial charge in [-0.2, -0.15) is 0 Å². The quantitative estimate of drug-likeness (QED) is 0.270. The number of hydrogen-bond acceptors (Lipinski definition) is 3. The molecule has 5 aliphatic rings. The molecule has 0 aromatic heterocycles. The second-order valence-electron chi connectivity index (χ2n) is 17.2. The van der Waals surface area contributed by atoms with E-state index < -0.39 is 11.4 Å². The van der Waals surface area contributed by atoms with Gasteiger partial charge >= 0.3 is 5.97 Å². The highest BCUT2D eigenvalue weighted by atomic mass is 17.2. The van der Waals surface area contributed by atoms with E-state index in [2.05, 4.69) is 72.7 Å². The molecule has 5 fully saturated rings. The molecule has 10 atom stereocenters. The standard InChI is InChI=1S/C38H58O4/c1-24(2)27-15-20-38(33(39)40)22-21-36(6)29(32(27)38)13-14-31-35(5)18-16-28(26-11-9-25(10-12-26)23-42-41-8)34(3,4)30(35)17-19-37(31,36)7/h9-12,24,27-32H,13-23H2,1-8H3,(H,39,40)/t27-,28+,29+,30?,31?,32?,35-,36+,37+,38-/m0/s1. The molecule has 1 N–H and O–H groups in total. The van der Waals surface area contributed by atoms with Gasteiger partial charge in [0.25, 0.3) is 0 Å². The van der Waals surface area contributed by atoms with Crippen LogP contribution in [0.25, 0.3) is 0 Å². The van der Waals surface area contributed by atoms with Gasteiger partial charge in [0.2, 0.25) is 0 Å². The Balaban J connectivity index is 1.30. The van der Waals surface area contributed by atoms with Crippen LogP contribution < -0.4 is 0 Å². The van der Waals surface area contributed by atoms with Crippen LogP contribution in [0.5, 0.6) is 0 Å². The van der Waals surface area contributed by atoms with Crippen LogP contribution in [0.15, 0.2) is 24.3 Å². The molecule has 5 aliphatic carbocycles. The third-order valence-electron chi connectivity index (χ3n) is 15.5. The van der Waals surface area contributed by atoms with Crippen molar-refractivity contribution in [3.63, 3.8) is 0 Å². The first kappa shape index (κ1) is 30.6. The molecule has 0 bridgehead atoms. The van der Waals surface area contributed by atoms with Crippen LogP contribution in [-0.2, 0) is 21.2 Å². The van der Waals surface area contributed by atoms with E-state index >= 15 is 0 Å². The Labute approximate surface area is 255 Å². The third-order valence-corrected chi connectivity index (χ3v) is 15.5. The van der Waals surface area contributed by atoms with Crippen molar-refractivity contribution in [3.05, 3.63) is 35.4 Å². The summed E-state index contributed by atoms with van der Waals surface area (Å²) < 4.78 is 0. The topological polar surface area (TPSA) is 55.8 Å². The van der Waals surface area contributed by atoms with Gasteiger partial charge in [0, 0.05) is 0 Å². The zero-order valence-electron chi connectivity index (χ0n) is 27.8. The lowest BCUT2D eigenvalue weighted by Crippen LogP contribution is -2.66. The largest absolute Gasteiger partial charge is 0.481 e. The monoisotopic (exact) mass is 578 g/mol. The fraction of sp³-hybridized carbons (Fsp3) is 0.816. The van der Waals surface area contributed by atoms with E-state index in [4.69, 9.17) is 9.78 Å². The van der Waals surface area contributed by atoms with Crippen molar-refractivity contribution in [2.75, 3.05) is 7.11 Å². The van der Waals surface area contributed by atoms with Crippen LogP contribution >= 0.6 is 0 Å². The summed E-state index contributed by atoms with van der Waals surface area (Å²) in [5, 5.41) is 10.7. The number of carbonyl (C=O) groups is 1. The molecule has 4 nitrogen and oxygen atoms in total. The van der Waals surface area contributed by atoms with Crippen molar-refractivity contribution in [1.29, 1.82) is 0 Å². The fourth-order valence-corrected chi connectivity index (χ4v) is 13.3. The molecule has 3 unspecified atom stereocenters. The lowest BCUT2D eigenvalue weighted by Gasteiger charge is -2.73. The first-order chi connectivity index (χ1) is 19.8. The minimum absolute atomic E-state index is 0.228. The summed E-state index contributed by atoms with van der Waals surface area (Å²) >= 11 is 0. The summed E-state index contributed by atoms with van der Waals surface area (Å²) in [5.41, 5.74) is 3.23.